The molecule has 0 spiro atoms. The van der Waals surface area contributed by atoms with Gasteiger partial charge in [-0.1, -0.05) is 0 Å². The normalized spacial score (nSPS) is 34.6. The molecule has 0 radical (unpaired) electrons. The van der Waals surface area contributed by atoms with Crippen LogP contribution in [0.2, 0.25) is 0 Å². The minimum Gasteiger partial charge on any atom is -0.459 e. The molecule has 2 heterocycles. The highest BCUT2D eigenvalue weighted by atomic mass is 16.6. The van der Waals surface area contributed by atoms with Crippen molar-refractivity contribution < 1.29 is 14.3 Å². The first-order valence-electron chi connectivity index (χ1n) is 6.06. The van der Waals surface area contributed by atoms with Gasteiger partial charge in [-0.15, -0.1) is 0 Å². The lowest BCUT2D eigenvalue weighted by Gasteiger charge is -2.32. The van der Waals surface area contributed by atoms with Gasteiger partial charge in [-0.05, 0) is 40.0 Å². The lowest BCUT2D eigenvalue weighted by molar-refractivity contribution is -0.159. The van der Waals surface area contributed by atoms with Crippen molar-refractivity contribution in [3.8, 4) is 0 Å². The molecule has 0 aliphatic carbocycles. The van der Waals surface area contributed by atoms with Gasteiger partial charge < -0.3 is 9.47 Å². The fourth-order valence-electron chi connectivity index (χ4n) is 2.36. The Hall–Kier alpha value is -0.610. The van der Waals surface area contributed by atoms with Crippen LogP contribution in [0.15, 0.2) is 0 Å². The summed E-state index contributed by atoms with van der Waals surface area (Å²) in [5, 5.41) is 3.34. The van der Waals surface area contributed by atoms with Gasteiger partial charge in [-0.3, -0.25) is 10.1 Å². The average Bonchev–Trinajstić information content (AvgIpc) is 2.61. The minimum absolute atomic E-state index is 0.127. The van der Waals surface area contributed by atoms with Crippen LogP contribution in [0.25, 0.3) is 0 Å². The van der Waals surface area contributed by atoms with Crippen molar-refractivity contribution in [1.82, 2.24) is 5.32 Å². The Morgan fingerprint density at radius 3 is 2.75 bits per heavy atom. The predicted octanol–water partition coefficient (Wildman–Crippen LogP) is 1.24. The second-order valence-corrected chi connectivity index (χ2v) is 5.63. The van der Waals surface area contributed by atoms with E-state index in [-0.39, 0.29) is 12.0 Å². The summed E-state index contributed by atoms with van der Waals surface area (Å²) in [5.41, 5.74) is -0.401. The number of hydrogen-bond acceptors (Lipinski definition) is 4. The van der Waals surface area contributed by atoms with Gasteiger partial charge in [-0.2, -0.15) is 0 Å². The summed E-state index contributed by atoms with van der Waals surface area (Å²) >= 11 is 0. The first-order valence-corrected chi connectivity index (χ1v) is 6.06. The van der Waals surface area contributed by atoms with Crippen molar-refractivity contribution in [2.75, 3.05) is 6.61 Å². The van der Waals surface area contributed by atoms with E-state index in [1.807, 2.05) is 20.8 Å². The van der Waals surface area contributed by atoms with E-state index in [9.17, 15) is 4.79 Å². The molecule has 0 amide bonds. The molecule has 0 unspecified atom stereocenters. The molecule has 92 valence electrons. The summed E-state index contributed by atoms with van der Waals surface area (Å²) in [6.45, 7) is 6.50. The molecule has 3 atom stereocenters. The van der Waals surface area contributed by atoms with Crippen molar-refractivity contribution in [1.29, 1.82) is 0 Å². The Balaban J connectivity index is 1.89. The van der Waals surface area contributed by atoms with Gasteiger partial charge in [0, 0.05) is 12.6 Å². The van der Waals surface area contributed by atoms with Crippen molar-refractivity contribution in [3.05, 3.63) is 0 Å². The van der Waals surface area contributed by atoms with Crippen LogP contribution in [0.1, 0.15) is 40.0 Å². The SMILES string of the molecule is CC(C)(C)OC(=O)[C@@H]1CC[C@@H]2OCC[C@@H]2N1. The van der Waals surface area contributed by atoms with E-state index >= 15 is 0 Å². The van der Waals surface area contributed by atoms with Gasteiger partial charge in [0.2, 0.25) is 0 Å². The third kappa shape index (κ3) is 2.74. The second kappa shape index (κ2) is 4.34. The first kappa shape index (κ1) is 11.9. The Kier molecular flexibility index (Phi) is 3.22. The van der Waals surface area contributed by atoms with Crippen LogP contribution < -0.4 is 5.32 Å². The van der Waals surface area contributed by atoms with Crippen LogP contribution in [0.4, 0.5) is 0 Å². The largest absolute Gasteiger partial charge is 0.459 e. The van der Waals surface area contributed by atoms with Gasteiger partial charge in [0.1, 0.15) is 11.6 Å². The third-order valence-corrected chi connectivity index (χ3v) is 3.06. The smallest absolute Gasteiger partial charge is 0.323 e. The predicted molar refractivity (Wildman–Crippen MR) is 60.1 cm³/mol. The minimum atomic E-state index is -0.401. The number of hydrogen-bond donors (Lipinski definition) is 1. The molecule has 2 aliphatic rings. The Morgan fingerprint density at radius 1 is 1.31 bits per heavy atom. The Morgan fingerprint density at radius 2 is 2.06 bits per heavy atom. The number of ether oxygens (including phenoxy) is 2. The average molecular weight is 227 g/mol. The van der Waals surface area contributed by atoms with E-state index in [1.54, 1.807) is 0 Å². The molecule has 1 N–H and O–H groups in total. The highest BCUT2D eigenvalue weighted by Crippen LogP contribution is 2.25. The fourth-order valence-corrected chi connectivity index (χ4v) is 2.36. The summed E-state index contributed by atoms with van der Waals surface area (Å²) in [6.07, 6.45) is 3.08. The molecule has 16 heavy (non-hydrogen) atoms. The number of piperidine rings is 1. The van der Waals surface area contributed by atoms with Crippen molar-refractivity contribution in [2.24, 2.45) is 0 Å². The molecule has 2 saturated heterocycles. The van der Waals surface area contributed by atoms with Gasteiger partial charge in [-0.25, -0.2) is 0 Å². The molecule has 0 saturated carbocycles. The molecule has 0 aromatic rings. The maximum absolute atomic E-state index is 11.9. The van der Waals surface area contributed by atoms with E-state index in [4.69, 9.17) is 9.47 Å². The molecule has 2 rings (SSSR count). The fraction of sp³-hybridized carbons (Fsp3) is 0.917. The molecule has 2 aliphatic heterocycles. The van der Waals surface area contributed by atoms with Crippen LogP contribution in [-0.2, 0) is 14.3 Å². The maximum atomic E-state index is 11.9. The maximum Gasteiger partial charge on any atom is 0.323 e. The zero-order valence-corrected chi connectivity index (χ0v) is 10.3. The molecule has 0 bridgehead atoms. The summed E-state index contributed by atoms with van der Waals surface area (Å²) in [5.74, 6) is -0.127. The molecular formula is C12H21NO3. The molecule has 4 heteroatoms. The van der Waals surface area contributed by atoms with Gasteiger partial charge in [0.25, 0.3) is 0 Å². The zero-order valence-electron chi connectivity index (χ0n) is 10.3. The van der Waals surface area contributed by atoms with Crippen LogP contribution in [0.5, 0.6) is 0 Å². The van der Waals surface area contributed by atoms with Gasteiger partial charge >= 0.3 is 5.97 Å². The summed E-state index contributed by atoms with van der Waals surface area (Å²) < 4.78 is 11.0. The lowest BCUT2D eigenvalue weighted by atomic mass is 9.95. The highest BCUT2D eigenvalue weighted by Gasteiger charge is 2.38. The monoisotopic (exact) mass is 227 g/mol. The number of fused-ring (bicyclic) bond motifs is 1. The standard InChI is InChI=1S/C12H21NO3/c1-12(2,3)16-11(14)9-4-5-10-8(13-9)6-7-15-10/h8-10,13H,4-7H2,1-3H3/t8-,9-,10-/m0/s1. The van der Waals surface area contributed by atoms with Crippen molar-refractivity contribution in [2.45, 2.75) is 63.8 Å². The number of esters is 1. The van der Waals surface area contributed by atoms with Gasteiger partial charge in [0.15, 0.2) is 0 Å². The van der Waals surface area contributed by atoms with E-state index in [0.717, 1.165) is 25.9 Å². The van der Waals surface area contributed by atoms with E-state index in [2.05, 4.69) is 5.32 Å². The Labute approximate surface area is 96.7 Å². The zero-order chi connectivity index (χ0) is 11.8. The van der Waals surface area contributed by atoms with Crippen LogP contribution in [0.3, 0.4) is 0 Å². The number of nitrogens with one attached hydrogen (secondary N) is 1. The van der Waals surface area contributed by atoms with Crippen LogP contribution in [-0.4, -0.2) is 36.4 Å². The number of rotatable bonds is 1. The first-order chi connectivity index (χ1) is 7.46. The Bertz CT molecular complexity index is 272. The molecular weight excluding hydrogens is 206 g/mol. The van der Waals surface area contributed by atoms with E-state index < -0.39 is 5.60 Å². The molecule has 2 fully saturated rings. The van der Waals surface area contributed by atoms with E-state index in [1.165, 1.54) is 0 Å². The molecule has 4 nitrogen and oxygen atoms in total. The molecule has 0 aromatic carbocycles. The van der Waals surface area contributed by atoms with Gasteiger partial charge in [0.05, 0.1) is 6.10 Å². The topological polar surface area (TPSA) is 47.6 Å². The summed E-state index contributed by atoms with van der Waals surface area (Å²) in [7, 11) is 0. The highest BCUT2D eigenvalue weighted by molar-refractivity contribution is 5.76. The second-order valence-electron chi connectivity index (χ2n) is 5.63. The van der Waals surface area contributed by atoms with E-state index in [0.29, 0.717) is 12.1 Å². The summed E-state index contributed by atoms with van der Waals surface area (Å²) in [6, 6.07) is 0.188. The van der Waals surface area contributed by atoms with Crippen LogP contribution in [0, 0.1) is 0 Å². The van der Waals surface area contributed by atoms with Crippen molar-refractivity contribution >= 4 is 5.97 Å². The van der Waals surface area contributed by atoms with Crippen molar-refractivity contribution in [3.63, 3.8) is 0 Å². The quantitative estimate of drug-likeness (QED) is 0.685. The van der Waals surface area contributed by atoms with Crippen LogP contribution >= 0.6 is 0 Å². The lowest BCUT2D eigenvalue weighted by Crippen LogP contribution is -2.52. The summed E-state index contributed by atoms with van der Waals surface area (Å²) in [4.78, 5) is 11.9. The molecule has 0 aromatic heterocycles. The third-order valence-electron chi connectivity index (χ3n) is 3.06. The number of carbonyl (C=O) groups excluding carboxylic acids is 1. The number of carbonyl (C=O) groups is 1.